The van der Waals surface area contributed by atoms with Crippen molar-refractivity contribution in [3.8, 4) is 68.0 Å². The van der Waals surface area contributed by atoms with Crippen LogP contribution in [-0.2, 0) is 105 Å². The molecule has 16 nitrogen and oxygen atoms in total. The topological polar surface area (TPSA) is 238 Å². The van der Waals surface area contributed by atoms with Crippen LogP contribution in [0.25, 0.3) is 88.6 Å². The van der Waals surface area contributed by atoms with E-state index in [1.165, 1.54) is 113 Å². The van der Waals surface area contributed by atoms with Crippen LogP contribution in [0.5, 0.6) is 23.0 Å². The number of ether oxygens (including phenoxy) is 4. The number of aliphatic hydroxyl groups excluding tert-OH is 4. The fourth-order valence-corrected chi connectivity index (χ4v) is 12.6. The zero-order valence-corrected chi connectivity index (χ0v) is 84.0. The van der Waals surface area contributed by atoms with E-state index in [0.29, 0.717) is 5.92 Å². The predicted molar refractivity (Wildman–Crippen MR) is 479 cm³/mol. The van der Waals surface area contributed by atoms with Crippen LogP contribution in [0.15, 0.2) is 193 Å². The number of carbonyl (C=O) groups excluding carboxylic acids is 4. The SMILES string of the molecule is CC(=O)C=C(C)O.CC(=O)C=C(C)O.CC(=O)C=C(C)O.CC(=O)C=C(C)O.COc1cc(C)cc2nc(-c3[c-]c(C)cc(C)c3)ccc12.COc1ccc2nc(-c3[c-]c(C)cc(C)c3)c(C(C)(C)C)cc2c1.COc1ccc2nc(-c3[c-]c(C)cc(C)c3)c(C(C)C)cc2c1.COc1ccc2nc(-c3[c-]c(C)cc(C)c3)c(C)cc2c1.[Ir].[Ir].[Ir].[Ir]. The van der Waals surface area contributed by atoms with Gasteiger partial charge < -0.3 is 39.4 Å². The smallest absolute Gasteiger partial charge is 0.155 e. The molecule has 4 aromatic heterocycles. The van der Waals surface area contributed by atoms with Gasteiger partial charge in [-0.1, -0.05) is 137 Å². The zero-order chi connectivity index (χ0) is 87.5. The average molecular weight is 2340 g/mol. The number of fused-ring (bicyclic) bond motifs is 4. The molecule has 0 atom stereocenters. The predicted octanol–water partition coefficient (Wildman–Crippen LogP) is 24.5. The van der Waals surface area contributed by atoms with Crippen LogP contribution >= 0.6 is 0 Å². The van der Waals surface area contributed by atoms with Gasteiger partial charge in [-0.05, 0) is 176 Å². The van der Waals surface area contributed by atoms with E-state index in [2.05, 4.69) is 207 Å². The summed E-state index contributed by atoms with van der Waals surface area (Å²) in [6, 6.07) is 63.7. The molecule has 0 unspecified atom stereocenters. The number of aryl methyl sites for hydroxylation is 10. The summed E-state index contributed by atoms with van der Waals surface area (Å²) >= 11 is 0. The Bertz CT molecular complexity index is 5480. The minimum atomic E-state index is -0.125. The van der Waals surface area contributed by atoms with Crippen LogP contribution in [0, 0.1) is 93.5 Å². The number of allylic oxidation sites excluding steroid dienone is 8. The molecule has 12 rings (SSSR count). The first-order chi connectivity index (χ1) is 54.9. The normalized spacial score (nSPS) is 10.9. The molecular formula is C101H114Ir4N4O12-4. The maximum Gasteiger partial charge on any atom is 0.155 e. The molecule has 20 heteroatoms. The van der Waals surface area contributed by atoms with Gasteiger partial charge in [0.2, 0.25) is 0 Å². The van der Waals surface area contributed by atoms with Gasteiger partial charge in [-0.3, -0.25) is 39.1 Å². The molecule has 4 radical (unpaired) electrons. The summed E-state index contributed by atoms with van der Waals surface area (Å²) in [5.74, 6) is 3.58. The van der Waals surface area contributed by atoms with Crippen LogP contribution in [0.4, 0.5) is 0 Å². The Balaban J connectivity index is 0.000000722. The maximum absolute atomic E-state index is 10.0. The van der Waals surface area contributed by atoms with Crippen molar-refractivity contribution in [3.63, 3.8) is 0 Å². The van der Waals surface area contributed by atoms with Crippen molar-refractivity contribution in [1.29, 1.82) is 0 Å². The molecular weight excluding hydrogens is 2230 g/mol. The Hall–Kier alpha value is -9.96. The molecule has 4 N–H and O–H groups in total. The van der Waals surface area contributed by atoms with Gasteiger partial charge in [0.15, 0.2) is 23.1 Å². The molecule has 0 fully saturated rings. The van der Waals surface area contributed by atoms with Crippen molar-refractivity contribution in [2.24, 2.45) is 0 Å². The van der Waals surface area contributed by atoms with Crippen molar-refractivity contribution in [1.82, 2.24) is 19.9 Å². The van der Waals surface area contributed by atoms with Crippen molar-refractivity contribution >= 4 is 66.7 Å². The summed E-state index contributed by atoms with van der Waals surface area (Å²) in [4.78, 5) is 59.6. The molecule has 0 aliphatic heterocycles. The largest absolute Gasteiger partial charge is 0.512 e. The Kier molecular flexibility index (Phi) is 46.6. The number of hydrogen-bond acceptors (Lipinski definition) is 16. The van der Waals surface area contributed by atoms with Crippen molar-refractivity contribution in [2.45, 2.75) is 171 Å². The number of rotatable bonds is 13. The van der Waals surface area contributed by atoms with Gasteiger partial charge in [0.1, 0.15) is 23.0 Å². The fourth-order valence-electron chi connectivity index (χ4n) is 12.6. The Morgan fingerprint density at radius 3 is 1.01 bits per heavy atom. The van der Waals surface area contributed by atoms with E-state index < -0.39 is 0 Å². The molecule has 0 amide bonds. The quantitative estimate of drug-likeness (QED) is 0.0477. The van der Waals surface area contributed by atoms with Crippen molar-refractivity contribution in [2.75, 3.05) is 28.4 Å². The summed E-state index contributed by atoms with van der Waals surface area (Å²) in [6.45, 7) is 43.3. The fraction of sp³-hybridized carbons (Fsp3) is 0.287. The van der Waals surface area contributed by atoms with Gasteiger partial charge in [-0.25, -0.2) is 0 Å². The van der Waals surface area contributed by atoms with Crippen LogP contribution in [-0.4, -0.2) is 91.9 Å². The van der Waals surface area contributed by atoms with E-state index in [1.54, 1.807) is 28.4 Å². The number of benzene rings is 8. The number of methoxy groups -OCH3 is 4. The van der Waals surface area contributed by atoms with E-state index in [-0.39, 0.29) is 132 Å². The molecule has 4 heterocycles. The second kappa shape index (κ2) is 51.7. The third kappa shape index (κ3) is 36.3. The minimum Gasteiger partial charge on any atom is -0.512 e. The molecule has 121 heavy (non-hydrogen) atoms. The van der Waals surface area contributed by atoms with E-state index in [0.717, 1.165) is 145 Å². The molecule has 0 saturated heterocycles. The number of pyridine rings is 4. The number of nitrogens with zero attached hydrogens (tertiary/aromatic N) is 4. The zero-order valence-electron chi connectivity index (χ0n) is 74.4. The van der Waals surface area contributed by atoms with E-state index in [9.17, 15) is 19.2 Å². The first kappa shape index (κ1) is 109. The second-order valence-electron chi connectivity index (χ2n) is 30.4. The van der Waals surface area contributed by atoms with E-state index in [4.69, 9.17) is 59.3 Å². The second-order valence-corrected chi connectivity index (χ2v) is 30.4. The van der Waals surface area contributed by atoms with Crippen LogP contribution < -0.4 is 18.9 Å². The van der Waals surface area contributed by atoms with Crippen LogP contribution in [0.2, 0.25) is 0 Å². The standard InChI is InChI=1S/C22H24NO.C21H22NO.2C19H18NO.4C5H8O2.4Ir/c1-14-9-15(2)11-17(10-14)21-19(22(3,4)5)13-16-12-18(24-6)7-8-20(16)23-21;1-13(2)19-12-16-11-18(23-5)6-7-20(16)22-21(19)17-9-14(3)8-15(4)10-17;1-12-7-13(2)9-16(8-12)19-14(3)10-15-11-17(21-4)5-6-18(15)20-19;1-12-7-13(2)9-15(8-12)17-6-5-16-18(20-17)10-14(3)11-19(16)21-4;4*1-4(6)3-5(2)7;;;;/h7-10,12-13H,1-6H3;6-9,11-13H,1-5H3;2*5-8,10-11H,1-4H3;4*3,6H,1-2H3;;;;/q4*-1;;;;;;;;. The average Bonchev–Trinajstić information content (AvgIpc) is 0.775. The Labute approximate surface area is 770 Å². The van der Waals surface area contributed by atoms with Crippen molar-refractivity contribution < 1.29 is 139 Å². The number of hydrogen-bond donors (Lipinski definition) is 4. The summed E-state index contributed by atoms with van der Waals surface area (Å²) in [6.07, 6.45) is 4.67. The van der Waals surface area contributed by atoms with E-state index in [1.807, 2.05) is 66.7 Å². The maximum atomic E-state index is 10.0. The molecule has 0 aliphatic carbocycles. The molecule has 0 aliphatic rings. The first-order valence-electron chi connectivity index (χ1n) is 38.3. The Morgan fingerprint density at radius 1 is 0.355 bits per heavy atom. The van der Waals surface area contributed by atoms with Gasteiger partial charge in [0.05, 0.1) is 73.5 Å². The van der Waals surface area contributed by atoms with Gasteiger partial charge in [0, 0.05) is 126 Å². The molecule has 650 valence electrons. The van der Waals surface area contributed by atoms with Gasteiger partial charge in [-0.2, -0.15) is 0 Å². The monoisotopic (exact) mass is 2350 g/mol. The van der Waals surface area contributed by atoms with E-state index >= 15 is 0 Å². The third-order valence-electron chi connectivity index (χ3n) is 17.1. The summed E-state index contributed by atoms with van der Waals surface area (Å²) in [7, 11) is 6.76. The van der Waals surface area contributed by atoms with Crippen molar-refractivity contribution in [3.05, 3.63) is 284 Å². The Morgan fingerprint density at radius 2 is 0.678 bits per heavy atom. The van der Waals surface area contributed by atoms with Gasteiger partial charge in [0.25, 0.3) is 0 Å². The number of aliphatic hydroxyl groups is 4. The van der Waals surface area contributed by atoms with Gasteiger partial charge >= 0.3 is 0 Å². The number of carbonyl (C=O) groups is 4. The van der Waals surface area contributed by atoms with Crippen LogP contribution in [0.3, 0.4) is 0 Å². The molecule has 0 bridgehead atoms. The van der Waals surface area contributed by atoms with Gasteiger partial charge in [-0.15, -0.1) is 140 Å². The summed E-state index contributed by atoms with van der Waals surface area (Å²) in [5, 5.41) is 37.8. The molecule has 0 saturated carbocycles. The number of ketones is 4. The summed E-state index contributed by atoms with van der Waals surface area (Å²) in [5.41, 5.74) is 26.4. The summed E-state index contributed by atoms with van der Waals surface area (Å²) < 4.78 is 21.4. The molecule has 8 aromatic carbocycles. The van der Waals surface area contributed by atoms with Crippen LogP contribution in [0.1, 0.15) is 163 Å². The third-order valence-corrected chi connectivity index (χ3v) is 17.1. The number of aromatic nitrogens is 4. The minimum absolute atomic E-state index is 0. The molecule has 12 aromatic rings. The first-order valence-corrected chi connectivity index (χ1v) is 38.3. The molecule has 0 spiro atoms.